The second-order valence-electron chi connectivity index (χ2n) is 9.99. The van der Waals surface area contributed by atoms with Gasteiger partial charge in [0.15, 0.2) is 0 Å². The van der Waals surface area contributed by atoms with E-state index in [1.807, 2.05) is 82.3 Å². The van der Waals surface area contributed by atoms with Crippen LogP contribution in [0.15, 0.2) is 54.6 Å². The van der Waals surface area contributed by atoms with Gasteiger partial charge in [0, 0.05) is 19.0 Å². The summed E-state index contributed by atoms with van der Waals surface area (Å²) in [5.41, 5.74) is 1.94. The van der Waals surface area contributed by atoms with E-state index in [9.17, 15) is 14.4 Å². The smallest absolute Gasteiger partial charge is 0.408 e. The Morgan fingerprint density at radius 1 is 0.943 bits per heavy atom. The molecule has 0 spiro atoms. The Hall–Kier alpha value is -3.35. The van der Waals surface area contributed by atoms with Gasteiger partial charge in [-0.1, -0.05) is 60.2 Å². The molecule has 0 fully saturated rings. The molecule has 7 heteroatoms. The van der Waals surface area contributed by atoms with Crippen molar-refractivity contribution < 1.29 is 19.1 Å². The number of alkyl carbamates (subject to hydrolysis) is 1. The molecule has 0 aliphatic carbocycles. The zero-order chi connectivity index (χ0) is 26.2. The number of benzene rings is 2. The molecule has 0 aliphatic rings. The van der Waals surface area contributed by atoms with Gasteiger partial charge in [0.25, 0.3) is 0 Å². The first-order chi connectivity index (χ1) is 16.4. The van der Waals surface area contributed by atoms with E-state index in [4.69, 9.17) is 4.74 Å². The van der Waals surface area contributed by atoms with Gasteiger partial charge in [-0.2, -0.15) is 0 Å². The molecule has 0 bridgehead atoms. The third-order valence-electron chi connectivity index (χ3n) is 5.28. The number of hydrogen-bond acceptors (Lipinski definition) is 4. The van der Waals surface area contributed by atoms with Gasteiger partial charge in [0.2, 0.25) is 11.8 Å². The lowest BCUT2D eigenvalue weighted by atomic mass is 9.99. The maximum absolute atomic E-state index is 13.9. The minimum Gasteiger partial charge on any atom is -0.444 e. The third-order valence-corrected chi connectivity index (χ3v) is 5.28. The van der Waals surface area contributed by atoms with E-state index in [-0.39, 0.29) is 30.8 Å². The molecule has 0 heterocycles. The first-order valence-electron chi connectivity index (χ1n) is 12.1. The van der Waals surface area contributed by atoms with Crippen molar-refractivity contribution in [2.75, 3.05) is 6.54 Å². The van der Waals surface area contributed by atoms with Crippen LogP contribution in [0.4, 0.5) is 4.79 Å². The summed E-state index contributed by atoms with van der Waals surface area (Å²) in [4.78, 5) is 41.4. The lowest BCUT2D eigenvalue weighted by molar-refractivity contribution is -0.142. The van der Waals surface area contributed by atoms with Crippen molar-refractivity contribution in [3.05, 3.63) is 71.3 Å². The van der Waals surface area contributed by atoms with Crippen LogP contribution in [0.25, 0.3) is 0 Å². The van der Waals surface area contributed by atoms with E-state index in [0.717, 1.165) is 11.1 Å². The normalized spacial score (nSPS) is 13.0. The Kier molecular flexibility index (Phi) is 9.87. The van der Waals surface area contributed by atoms with Crippen LogP contribution < -0.4 is 10.6 Å². The molecule has 2 unspecified atom stereocenters. The van der Waals surface area contributed by atoms with Crippen molar-refractivity contribution in [2.45, 2.75) is 78.6 Å². The topological polar surface area (TPSA) is 87.7 Å². The Balaban J connectivity index is 2.44. The Bertz CT molecular complexity index is 982. The highest BCUT2D eigenvalue weighted by Gasteiger charge is 2.35. The molecule has 7 nitrogen and oxygen atoms in total. The average Bonchev–Trinajstić information content (AvgIpc) is 2.76. The molecule has 0 saturated heterocycles. The molecule has 0 aromatic heterocycles. The van der Waals surface area contributed by atoms with Gasteiger partial charge in [0.05, 0.1) is 0 Å². The van der Waals surface area contributed by atoms with Gasteiger partial charge in [0.1, 0.15) is 17.7 Å². The van der Waals surface area contributed by atoms with Gasteiger partial charge in [-0.25, -0.2) is 4.79 Å². The zero-order valence-corrected chi connectivity index (χ0v) is 21.9. The number of nitrogens with one attached hydrogen (secondary N) is 2. The number of nitrogens with zero attached hydrogens (tertiary/aromatic N) is 1. The molecule has 0 radical (unpaired) electrons. The summed E-state index contributed by atoms with van der Waals surface area (Å²) >= 11 is 0. The minimum absolute atomic E-state index is 0.0933. The molecule has 2 atom stereocenters. The molecule has 190 valence electrons. The molecule has 3 amide bonds. The molecule has 0 saturated carbocycles. The summed E-state index contributed by atoms with van der Waals surface area (Å²) in [6.07, 6.45) is -0.414. The lowest BCUT2D eigenvalue weighted by Gasteiger charge is -2.34. The van der Waals surface area contributed by atoms with Gasteiger partial charge in [-0.3, -0.25) is 9.59 Å². The standard InChI is InChI=1S/C28H39N3O4/c1-8-31(24(25(32)29-19(2)3)22-16-14-20(4)15-17-22)26(33)23(18-21-12-10-9-11-13-21)30-27(34)35-28(5,6)7/h9-17,19,23-24H,8,18H2,1-7H3,(H,29,32)(H,30,34). The molecule has 2 aromatic rings. The van der Waals surface area contributed by atoms with Crippen LogP contribution in [0.1, 0.15) is 64.3 Å². The summed E-state index contributed by atoms with van der Waals surface area (Å²) in [6, 6.07) is 15.2. The van der Waals surface area contributed by atoms with E-state index < -0.39 is 23.8 Å². The predicted octanol–water partition coefficient (Wildman–Crippen LogP) is 4.55. The van der Waals surface area contributed by atoms with E-state index in [2.05, 4.69) is 10.6 Å². The number of carbonyl (C=O) groups excluding carboxylic acids is 3. The fourth-order valence-electron chi connectivity index (χ4n) is 3.75. The number of ether oxygens (including phenoxy) is 1. The van der Waals surface area contributed by atoms with Crippen molar-refractivity contribution >= 4 is 17.9 Å². The second-order valence-corrected chi connectivity index (χ2v) is 9.99. The van der Waals surface area contributed by atoms with E-state index in [0.29, 0.717) is 5.56 Å². The molecular weight excluding hydrogens is 442 g/mol. The summed E-state index contributed by atoms with van der Waals surface area (Å²) < 4.78 is 5.43. The summed E-state index contributed by atoms with van der Waals surface area (Å²) in [7, 11) is 0. The van der Waals surface area contributed by atoms with Crippen LogP contribution in [0.5, 0.6) is 0 Å². The maximum atomic E-state index is 13.9. The average molecular weight is 482 g/mol. The summed E-state index contributed by atoms with van der Waals surface area (Å²) in [5, 5.41) is 5.69. The van der Waals surface area contributed by atoms with Gasteiger partial charge < -0.3 is 20.3 Å². The van der Waals surface area contributed by atoms with Crippen LogP contribution in [-0.2, 0) is 20.7 Å². The first kappa shape index (κ1) is 27.9. The first-order valence-corrected chi connectivity index (χ1v) is 12.1. The SMILES string of the molecule is CCN(C(=O)C(Cc1ccccc1)NC(=O)OC(C)(C)C)C(C(=O)NC(C)C)c1ccc(C)cc1. The second kappa shape index (κ2) is 12.4. The minimum atomic E-state index is -0.910. The number of carbonyl (C=O) groups is 3. The van der Waals surface area contributed by atoms with Gasteiger partial charge in [-0.05, 0) is 59.6 Å². The van der Waals surface area contributed by atoms with Crippen molar-refractivity contribution in [3.63, 3.8) is 0 Å². The number of hydrogen-bond donors (Lipinski definition) is 2. The van der Waals surface area contributed by atoms with Gasteiger partial charge >= 0.3 is 6.09 Å². The van der Waals surface area contributed by atoms with Crippen molar-refractivity contribution in [1.82, 2.24) is 15.5 Å². The van der Waals surface area contributed by atoms with Crippen LogP contribution in [-0.4, -0.2) is 47.0 Å². The quantitative estimate of drug-likeness (QED) is 0.550. The Labute approximate surface area is 209 Å². The summed E-state index contributed by atoms with van der Waals surface area (Å²) in [5.74, 6) is -0.624. The lowest BCUT2D eigenvalue weighted by Crippen LogP contribution is -2.54. The van der Waals surface area contributed by atoms with Crippen molar-refractivity contribution in [2.24, 2.45) is 0 Å². The molecule has 2 N–H and O–H groups in total. The van der Waals surface area contributed by atoms with E-state index >= 15 is 0 Å². The van der Waals surface area contributed by atoms with Crippen molar-refractivity contribution in [3.8, 4) is 0 Å². The molecule has 35 heavy (non-hydrogen) atoms. The van der Waals surface area contributed by atoms with E-state index in [1.54, 1.807) is 20.8 Å². The molecule has 0 aliphatic heterocycles. The molecular formula is C28H39N3O4. The number of likely N-dealkylation sites (N-methyl/N-ethyl adjacent to an activating group) is 1. The largest absolute Gasteiger partial charge is 0.444 e. The fraction of sp³-hybridized carbons (Fsp3) is 0.464. The van der Waals surface area contributed by atoms with Crippen LogP contribution in [0.3, 0.4) is 0 Å². The fourth-order valence-corrected chi connectivity index (χ4v) is 3.75. The predicted molar refractivity (Wildman–Crippen MR) is 138 cm³/mol. The highest BCUT2D eigenvalue weighted by Crippen LogP contribution is 2.24. The number of aryl methyl sites for hydroxylation is 1. The highest BCUT2D eigenvalue weighted by molar-refractivity contribution is 5.92. The number of rotatable bonds is 9. The van der Waals surface area contributed by atoms with Crippen LogP contribution >= 0.6 is 0 Å². The monoisotopic (exact) mass is 481 g/mol. The molecule has 2 rings (SSSR count). The highest BCUT2D eigenvalue weighted by atomic mass is 16.6. The maximum Gasteiger partial charge on any atom is 0.408 e. The molecule has 2 aromatic carbocycles. The third kappa shape index (κ3) is 8.74. The zero-order valence-electron chi connectivity index (χ0n) is 21.9. The Morgan fingerprint density at radius 3 is 2.06 bits per heavy atom. The van der Waals surface area contributed by atoms with E-state index in [1.165, 1.54) is 4.90 Å². The van der Waals surface area contributed by atoms with Crippen molar-refractivity contribution in [1.29, 1.82) is 0 Å². The Morgan fingerprint density at radius 2 is 1.54 bits per heavy atom. The summed E-state index contributed by atoms with van der Waals surface area (Å²) in [6.45, 7) is 13.1. The number of amides is 3. The van der Waals surface area contributed by atoms with Gasteiger partial charge in [-0.15, -0.1) is 0 Å². The van der Waals surface area contributed by atoms with Crippen LogP contribution in [0.2, 0.25) is 0 Å². The van der Waals surface area contributed by atoms with Crippen LogP contribution in [0, 0.1) is 6.92 Å².